The van der Waals surface area contributed by atoms with Crippen LogP contribution >= 0.6 is 11.6 Å². The van der Waals surface area contributed by atoms with E-state index in [0.717, 1.165) is 33.2 Å². The van der Waals surface area contributed by atoms with Crippen LogP contribution in [-0.2, 0) is 20.2 Å². The Labute approximate surface area is 173 Å². The normalized spacial score (nSPS) is 11.0. The maximum Gasteiger partial charge on any atom is 0.268 e. The van der Waals surface area contributed by atoms with Gasteiger partial charge in [-0.05, 0) is 34.9 Å². The van der Waals surface area contributed by atoms with E-state index in [1.165, 1.54) is 0 Å². The summed E-state index contributed by atoms with van der Waals surface area (Å²) in [5.41, 5.74) is 5.15. The smallest absolute Gasteiger partial charge is 0.268 e. The maximum atomic E-state index is 12.8. The molecule has 0 aliphatic heterocycles. The lowest BCUT2D eigenvalue weighted by molar-refractivity contribution is 0.0943. The van der Waals surface area contributed by atoms with Gasteiger partial charge in [0, 0.05) is 35.8 Å². The van der Waals surface area contributed by atoms with Gasteiger partial charge in [0.15, 0.2) is 0 Å². The van der Waals surface area contributed by atoms with E-state index in [2.05, 4.69) is 10.3 Å². The van der Waals surface area contributed by atoms with Crippen molar-refractivity contribution in [2.45, 2.75) is 13.2 Å². The number of halogens is 1. The van der Waals surface area contributed by atoms with Gasteiger partial charge in [-0.15, -0.1) is 0 Å². The van der Waals surface area contributed by atoms with E-state index in [4.69, 9.17) is 11.6 Å². The molecule has 0 unspecified atom stereocenters. The summed E-state index contributed by atoms with van der Waals surface area (Å²) in [6.45, 7) is 0.402. The number of pyridine rings is 1. The Kier molecular flexibility index (Phi) is 5.34. The highest BCUT2D eigenvalue weighted by atomic mass is 35.5. The van der Waals surface area contributed by atoms with Gasteiger partial charge in [-0.25, -0.2) is 0 Å². The Morgan fingerprint density at radius 2 is 1.90 bits per heavy atom. The number of hydrogen-bond donors (Lipinski definition) is 2. The lowest BCUT2D eigenvalue weighted by atomic mass is 10.0. The first-order valence-electron chi connectivity index (χ1n) is 9.23. The van der Waals surface area contributed by atoms with Crippen molar-refractivity contribution in [2.75, 3.05) is 0 Å². The average molecular weight is 406 g/mol. The van der Waals surface area contributed by atoms with Gasteiger partial charge >= 0.3 is 0 Å². The topological polar surface area (TPSA) is 67.2 Å². The van der Waals surface area contributed by atoms with Gasteiger partial charge in [0.1, 0.15) is 5.69 Å². The van der Waals surface area contributed by atoms with Crippen LogP contribution in [0.2, 0.25) is 5.02 Å². The number of benzene rings is 2. The molecule has 4 rings (SSSR count). The Hall–Kier alpha value is -3.15. The van der Waals surface area contributed by atoms with Crippen LogP contribution in [0.15, 0.2) is 67.0 Å². The monoisotopic (exact) mass is 405 g/mol. The summed E-state index contributed by atoms with van der Waals surface area (Å²) in [6.07, 6.45) is 3.55. The SMILES string of the molecule is Cn1c(C(=O)NCc2cccc(Cl)c2)cc2c(-c3ccc(CO)cc3)cncc21. The van der Waals surface area contributed by atoms with Crippen LogP contribution in [0.3, 0.4) is 0 Å². The van der Waals surface area contributed by atoms with Crippen molar-refractivity contribution < 1.29 is 9.90 Å². The number of aromatic nitrogens is 2. The number of hydrogen-bond acceptors (Lipinski definition) is 3. The Morgan fingerprint density at radius 1 is 1.10 bits per heavy atom. The summed E-state index contributed by atoms with van der Waals surface area (Å²) in [7, 11) is 1.86. The minimum Gasteiger partial charge on any atom is -0.392 e. The van der Waals surface area contributed by atoms with Crippen LogP contribution < -0.4 is 5.32 Å². The van der Waals surface area contributed by atoms with Gasteiger partial charge < -0.3 is 15.0 Å². The first-order chi connectivity index (χ1) is 14.1. The standard InChI is InChI=1S/C23H20ClN3O2/c1-27-21(23(29)26-11-16-3-2-4-18(24)9-16)10-19-20(12-25-13-22(19)27)17-7-5-15(14-28)6-8-17/h2-10,12-13,28H,11,14H2,1H3,(H,26,29). The summed E-state index contributed by atoms with van der Waals surface area (Å²) in [5, 5.41) is 13.8. The van der Waals surface area contributed by atoms with E-state index in [1.54, 1.807) is 18.5 Å². The molecule has 0 aliphatic carbocycles. The van der Waals surface area contributed by atoms with E-state index in [9.17, 15) is 9.90 Å². The molecule has 146 valence electrons. The van der Waals surface area contributed by atoms with Gasteiger partial charge in [0.25, 0.3) is 5.91 Å². The number of rotatable bonds is 5. The maximum absolute atomic E-state index is 12.8. The van der Waals surface area contributed by atoms with E-state index in [0.29, 0.717) is 17.3 Å². The zero-order chi connectivity index (χ0) is 20.4. The zero-order valence-electron chi connectivity index (χ0n) is 15.9. The molecule has 0 aliphatic rings. The molecule has 1 amide bonds. The van der Waals surface area contributed by atoms with Crippen molar-refractivity contribution >= 4 is 28.4 Å². The Balaban J connectivity index is 1.65. The van der Waals surface area contributed by atoms with Crippen molar-refractivity contribution in [3.63, 3.8) is 0 Å². The van der Waals surface area contributed by atoms with Gasteiger partial charge in [-0.3, -0.25) is 9.78 Å². The third kappa shape index (κ3) is 3.88. The molecule has 0 spiro atoms. The van der Waals surface area contributed by atoms with E-state index in [1.807, 2.05) is 60.1 Å². The van der Waals surface area contributed by atoms with E-state index < -0.39 is 0 Å². The fourth-order valence-corrected chi connectivity index (χ4v) is 3.61. The van der Waals surface area contributed by atoms with Crippen LogP contribution in [0.1, 0.15) is 21.6 Å². The molecule has 0 atom stereocenters. The van der Waals surface area contributed by atoms with Crippen molar-refractivity contribution in [2.24, 2.45) is 7.05 Å². The molecule has 2 heterocycles. The van der Waals surface area contributed by atoms with E-state index in [-0.39, 0.29) is 12.5 Å². The molecule has 0 radical (unpaired) electrons. The molecule has 2 aromatic heterocycles. The Morgan fingerprint density at radius 3 is 2.62 bits per heavy atom. The number of nitrogens with zero attached hydrogens (tertiary/aromatic N) is 2. The number of carbonyl (C=O) groups excluding carboxylic acids is 1. The molecule has 0 saturated heterocycles. The lowest BCUT2D eigenvalue weighted by Crippen LogP contribution is -2.24. The molecule has 6 heteroatoms. The Bertz CT molecular complexity index is 1180. The molecule has 0 saturated carbocycles. The fourth-order valence-electron chi connectivity index (χ4n) is 3.40. The minimum absolute atomic E-state index is 0.00497. The third-order valence-electron chi connectivity index (χ3n) is 4.99. The number of aliphatic hydroxyl groups is 1. The molecule has 4 aromatic rings. The summed E-state index contributed by atoms with van der Waals surface area (Å²) in [4.78, 5) is 17.2. The fraction of sp³-hybridized carbons (Fsp3) is 0.130. The van der Waals surface area contributed by atoms with Crippen LogP contribution in [-0.4, -0.2) is 20.6 Å². The molecular formula is C23H20ClN3O2. The molecule has 5 nitrogen and oxygen atoms in total. The second-order valence-corrected chi connectivity index (χ2v) is 7.31. The second kappa shape index (κ2) is 8.07. The molecular weight excluding hydrogens is 386 g/mol. The van der Waals surface area contributed by atoms with Crippen LogP contribution in [0, 0.1) is 0 Å². The van der Waals surface area contributed by atoms with Gasteiger partial charge in [0.2, 0.25) is 0 Å². The van der Waals surface area contributed by atoms with Gasteiger partial charge in [0.05, 0.1) is 18.3 Å². The predicted octanol–water partition coefficient (Wildman–Crippen LogP) is 4.32. The highest BCUT2D eigenvalue weighted by Gasteiger charge is 2.16. The van der Waals surface area contributed by atoms with Gasteiger partial charge in [-0.2, -0.15) is 0 Å². The first kappa shape index (κ1) is 19.2. The van der Waals surface area contributed by atoms with Crippen molar-refractivity contribution in [3.05, 3.63) is 88.8 Å². The average Bonchev–Trinajstić information content (AvgIpc) is 3.09. The first-order valence-corrected chi connectivity index (χ1v) is 9.61. The third-order valence-corrected chi connectivity index (χ3v) is 5.23. The number of fused-ring (bicyclic) bond motifs is 1. The van der Waals surface area contributed by atoms with Gasteiger partial charge in [-0.1, -0.05) is 48.0 Å². The summed E-state index contributed by atoms with van der Waals surface area (Å²) >= 11 is 6.01. The second-order valence-electron chi connectivity index (χ2n) is 6.88. The largest absolute Gasteiger partial charge is 0.392 e. The van der Waals surface area contributed by atoms with Crippen LogP contribution in [0.25, 0.3) is 22.0 Å². The van der Waals surface area contributed by atoms with Crippen molar-refractivity contribution in [1.29, 1.82) is 0 Å². The van der Waals surface area contributed by atoms with Crippen molar-refractivity contribution in [3.8, 4) is 11.1 Å². The number of carbonyl (C=O) groups is 1. The highest BCUT2D eigenvalue weighted by Crippen LogP contribution is 2.30. The predicted molar refractivity (Wildman–Crippen MR) is 115 cm³/mol. The van der Waals surface area contributed by atoms with Crippen LogP contribution in [0.4, 0.5) is 0 Å². The number of nitrogens with one attached hydrogen (secondary N) is 1. The molecule has 0 fully saturated rings. The number of amides is 1. The number of aryl methyl sites for hydroxylation is 1. The highest BCUT2D eigenvalue weighted by molar-refractivity contribution is 6.30. The summed E-state index contributed by atoms with van der Waals surface area (Å²) in [6, 6.07) is 17.0. The summed E-state index contributed by atoms with van der Waals surface area (Å²) in [5.74, 6) is -0.162. The van der Waals surface area contributed by atoms with Crippen molar-refractivity contribution in [1.82, 2.24) is 14.9 Å². The zero-order valence-corrected chi connectivity index (χ0v) is 16.6. The summed E-state index contributed by atoms with van der Waals surface area (Å²) < 4.78 is 1.85. The van der Waals surface area contributed by atoms with E-state index >= 15 is 0 Å². The lowest BCUT2D eigenvalue weighted by Gasteiger charge is -2.07. The quantitative estimate of drug-likeness (QED) is 0.519. The molecule has 2 aromatic carbocycles. The number of aliphatic hydroxyl groups excluding tert-OH is 1. The molecule has 0 bridgehead atoms. The van der Waals surface area contributed by atoms with Crippen LogP contribution in [0.5, 0.6) is 0 Å². The minimum atomic E-state index is -0.162. The molecule has 29 heavy (non-hydrogen) atoms. The molecule has 2 N–H and O–H groups in total.